The summed E-state index contributed by atoms with van der Waals surface area (Å²) in [6.07, 6.45) is 4.03. The van der Waals surface area contributed by atoms with E-state index < -0.39 is 0 Å². The number of nitrogens with two attached hydrogens (primary N) is 1. The van der Waals surface area contributed by atoms with Crippen LogP contribution in [0.4, 0.5) is 5.69 Å². The number of hydrogen-bond acceptors (Lipinski definition) is 3. The number of hydrogen-bond donors (Lipinski definition) is 1. The lowest BCUT2D eigenvalue weighted by Crippen LogP contribution is -2.36. The molecule has 4 heteroatoms. The number of carbonyl (C=O) groups is 1. The highest BCUT2D eigenvalue weighted by molar-refractivity contribution is 5.78. The summed E-state index contributed by atoms with van der Waals surface area (Å²) in [7, 11) is 1.85. The lowest BCUT2D eigenvalue weighted by atomic mass is 10.1. The van der Waals surface area contributed by atoms with E-state index in [4.69, 9.17) is 5.73 Å². The van der Waals surface area contributed by atoms with Gasteiger partial charge in [-0.05, 0) is 25.5 Å². The van der Waals surface area contributed by atoms with Gasteiger partial charge in [-0.15, -0.1) is 0 Å². The van der Waals surface area contributed by atoms with E-state index >= 15 is 0 Å². The van der Waals surface area contributed by atoms with Crippen molar-refractivity contribution >= 4 is 11.6 Å². The van der Waals surface area contributed by atoms with Gasteiger partial charge in [0.05, 0.1) is 18.3 Å². The first-order chi connectivity index (χ1) is 8.04. The monoisotopic (exact) mass is 235 g/mol. The molecule has 2 N–H and O–H groups in total. The van der Waals surface area contributed by atoms with Crippen molar-refractivity contribution < 1.29 is 4.79 Å². The highest BCUT2D eigenvalue weighted by atomic mass is 16.2. The average molecular weight is 235 g/mol. The third kappa shape index (κ3) is 4.06. The Balaban J connectivity index is 2.56. The van der Waals surface area contributed by atoms with Gasteiger partial charge in [0.15, 0.2) is 0 Å². The van der Waals surface area contributed by atoms with Crippen molar-refractivity contribution in [1.82, 2.24) is 9.88 Å². The molecule has 1 rings (SSSR count). The molecule has 0 fully saturated rings. The summed E-state index contributed by atoms with van der Waals surface area (Å²) in [6.45, 7) is 4.19. The quantitative estimate of drug-likeness (QED) is 0.847. The molecule has 0 aromatic carbocycles. The average Bonchev–Trinajstić information content (AvgIpc) is 2.31. The minimum Gasteiger partial charge on any atom is -0.397 e. The maximum absolute atomic E-state index is 12.0. The Bertz CT molecular complexity index is 361. The third-order valence-corrected chi connectivity index (χ3v) is 2.94. The van der Waals surface area contributed by atoms with Gasteiger partial charge < -0.3 is 10.6 Å². The Morgan fingerprint density at radius 2 is 2.24 bits per heavy atom. The fourth-order valence-electron chi connectivity index (χ4n) is 1.68. The SMILES string of the molecule is CCCC(C)N(C)C(=O)Cc1ccc(N)cn1. The standard InChI is InChI=1S/C13H21N3O/c1-4-5-10(2)16(3)13(17)8-12-7-6-11(14)9-15-12/h6-7,9-10H,4-5,8,14H2,1-3H3. The zero-order valence-electron chi connectivity index (χ0n) is 10.8. The maximum atomic E-state index is 12.0. The van der Waals surface area contributed by atoms with Crippen LogP contribution in [0.3, 0.4) is 0 Å². The van der Waals surface area contributed by atoms with Gasteiger partial charge >= 0.3 is 0 Å². The number of nitrogen functional groups attached to an aromatic ring is 1. The van der Waals surface area contributed by atoms with E-state index in [2.05, 4.69) is 18.8 Å². The molecule has 0 saturated carbocycles. The number of likely N-dealkylation sites (N-methyl/N-ethyl adjacent to an activating group) is 1. The zero-order chi connectivity index (χ0) is 12.8. The lowest BCUT2D eigenvalue weighted by Gasteiger charge is -2.24. The summed E-state index contributed by atoms with van der Waals surface area (Å²) in [4.78, 5) is 17.9. The van der Waals surface area contributed by atoms with Gasteiger partial charge in [0.25, 0.3) is 0 Å². The topological polar surface area (TPSA) is 59.2 Å². The van der Waals surface area contributed by atoms with Crippen LogP contribution in [-0.4, -0.2) is 28.9 Å². The molecular weight excluding hydrogens is 214 g/mol. The van der Waals surface area contributed by atoms with Crippen molar-refractivity contribution in [2.24, 2.45) is 0 Å². The van der Waals surface area contributed by atoms with E-state index in [1.54, 1.807) is 23.2 Å². The number of pyridine rings is 1. The van der Waals surface area contributed by atoms with Gasteiger partial charge in [0.2, 0.25) is 5.91 Å². The summed E-state index contributed by atoms with van der Waals surface area (Å²) in [5.74, 6) is 0.100. The molecule has 1 aromatic rings. The Morgan fingerprint density at radius 1 is 1.53 bits per heavy atom. The highest BCUT2D eigenvalue weighted by Gasteiger charge is 2.15. The van der Waals surface area contributed by atoms with E-state index in [1.165, 1.54) is 0 Å². The number of anilines is 1. The summed E-state index contributed by atoms with van der Waals surface area (Å²) in [6, 6.07) is 3.85. The van der Waals surface area contributed by atoms with Crippen molar-refractivity contribution in [3.63, 3.8) is 0 Å². The first kappa shape index (κ1) is 13.5. The summed E-state index contributed by atoms with van der Waals surface area (Å²) < 4.78 is 0. The summed E-state index contributed by atoms with van der Waals surface area (Å²) in [5.41, 5.74) is 6.93. The van der Waals surface area contributed by atoms with E-state index in [-0.39, 0.29) is 11.9 Å². The van der Waals surface area contributed by atoms with Gasteiger partial charge in [-0.2, -0.15) is 0 Å². The molecule has 1 heterocycles. The van der Waals surface area contributed by atoms with Crippen LogP contribution in [0.5, 0.6) is 0 Å². The van der Waals surface area contributed by atoms with Crippen molar-refractivity contribution in [3.05, 3.63) is 24.0 Å². The van der Waals surface area contributed by atoms with Crippen LogP contribution in [-0.2, 0) is 11.2 Å². The minimum atomic E-state index is 0.100. The van der Waals surface area contributed by atoms with Crippen molar-refractivity contribution in [2.45, 2.75) is 39.2 Å². The minimum absolute atomic E-state index is 0.100. The Hall–Kier alpha value is -1.58. The van der Waals surface area contributed by atoms with Crippen LogP contribution in [0.25, 0.3) is 0 Å². The molecule has 1 aromatic heterocycles. The number of rotatable bonds is 5. The fourth-order valence-corrected chi connectivity index (χ4v) is 1.68. The van der Waals surface area contributed by atoms with Gasteiger partial charge in [0, 0.05) is 18.8 Å². The molecule has 0 spiro atoms. The van der Waals surface area contributed by atoms with Gasteiger partial charge in [-0.3, -0.25) is 9.78 Å². The normalized spacial score (nSPS) is 12.2. The molecule has 1 unspecified atom stereocenters. The Kier molecular flexibility index (Phi) is 4.94. The molecule has 17 heavy (non-hydrogen) atoms. The lowest BCUT2D eigenvalue weighted by molar-refractivity contribution is -0.131. The number of amides is 1. The third-order valence-electron chi connectivity index (χ3n) is 2.94. The van der Waals surface area contributed by atoms with Crippen LogP contribution in [0.1, 0.15) is 32.4 Å². The molecule has 0 aliphatic carbocycles. The predicted octanol–water partition coefficient (Wildman–Crippen LogP) is 1.85. The van der Waals surface area contributed by atoms with E-state index in [1.807, 2.05) is 7.05 Å². The zero-order valence-corrected chi connectivity index (χ0v) is 10.8. The van der Waals surface area contributed by atoms with Crippen LogP contribution < -0.4 is 5.73 Å². The molecule has 1 amide bonds. The predicted molar refractivity (Wildman–Crippen MR) is 69.5 cm³/mol. The molecule has 0 radical (unpaired) electrons. The second-order valence-corrected chi connectivity index (χ2v) is 4.40. The number of aromatic nitrogens is 1. The molecular formula is C13H21N3O. The highest BCUT2D eigenvalue weighted by Crippen LogP contribution is 2.08. The summed E-state index contributed by atoms with van der Waals surface area (Å²) >= 11 is 0. The Labute approximate surface area is 103 Å². The van der Waals surface area contributed by atoms with Gasteiger partial charge in [0.1, 0.15) is 0 Å². The first-order valence-corrected chi connectivity index (χ1v) is 6.00. The van der Waals surface area contributed by atoms with Gasteiger partial charge in [-0.25, -0.2) is 0 Å². The van der Waals surface area contributed by atoms with E-state index in [0.29, 0.717) is 12.1 Å². The number of carbonyl (C=O) groups excluding carboxylic acids is 1. The molecule has 0 bridgehead atoms. The van der Waals surface area contributed by atoms with Crippen LogP contribution >= 0.6 is 0 Å². The molecule has 0 aliphatic heterocycles. The molecule has 94 valence electrons. The van der Waals surface area contributed by atoms with Crippen molar-refractivity contribution in [1.29, 1.82) is 0 Å². The molecule has 0 saturated heterocycles. The van der Waals surface area contributed by atoms with Crippen molar-refractivity contribution in [2.75, 3.05) is 12.8 Å². The molecule has 1 atom stereocenters. The molecule has 0 aliphatic rings. The molecule has 4 nitrogen and oxygen atoms in total. The largest absolute Gasteiger partial charge is 0.397 e. The summed E-state index contributed by atoms with van der Waals surface area (Å²) in [5, 5.41) is 0. The smallest absolute Gasteiger partial charge is 0.228 e. The number of nitrogens with zero attached hydrogens (tertiary/aromatic N) is 2. The second-order valence-electron chi connectivity index (χ2n) is 4.40. The van der Waals surface area contributed by atoms with E-state index in [0.717, 1.165) is 18.5 Å². The van der Waals surface area contributed by atoms with Crippen LogP contribution in [0.2, 0.25) is 0 Å². The van der Waals surface area contributed by atoms with Crippen LogP contribution in [0, 0.1) is 0 Å². The van der Waals surface area contributed by atoms with Crippen molar-refractivity contribution in [3.8, 4) is 0 Å². The second kappa shape index (κ2) is 6.23. The first-order valence-electron chi connectivity index (χ1n) is 6.00. The Morgan fingerprint density at radius 3 is 2.76 bits per heavy atom. The van der Waals surface area contributed by atoms with Gasteiger partial charge in [-0.1, -0.05) is 13.3 Å². The fraction of sp³-hybridized carbons (Fsp3) is 0.538. The maximum Gasteiger partial charge on any atom is 0.228 e. The van der Waals surface area contributed by atoms with E-state index in [9.17, 15) is 4.79 Å². The van der Waals surface area contributed by atoms with Crippen LogP contribution in [0.15, 0.2) is 18.3 Å².